The van der Waals surface area contributed by atoms with E-state index in [1.54, 1.807) is 19.3 Å². The molecule has 0 amide bonds. The highest BCUT2D eigenvalue weighted by Crippen LogP contribution is 2.19. The number of hydrogen-bond acceptors (Lipinski definition) is 2. The van der Waals surface area contributed by atoms with E-state index < -0.39 is 0 Å². The molecule has 0 bridgehead atoms. The number of hydrogen-bond donors (Lipinski definition) is 1. The minimum atomic E-state index is 0.0707. The van der Waals surface area contributed by atoms with Gasteiger partial charge in [-0.2, -0.15) is 0 Å². The molecule has 0 saturated heterocycles. The molecule has 78 valence electrons. The molecule has 1 N–H and O–H groups in total. The van der Waals surface area contributed by atoms with Crippen molar-refractivity contribution in [3.05, 3.63) is 52.4 Å². The average Bonchev–Trinajstić information content (AvgIpc) is 2.33. The number of nitrogens with zero attached hydrogens (tertiary/aromatic N) is 1. The Balaban J connectivity index is 2.63. The van der Waals surface area contributed by atoms with Gasteiger partial charge in [0.15, 0.2) is 5.43 Å². The lowest BCUT2D eigenvalue weighted by atomic mass is 10.1. The number of aromatic amines is 1. The van der Waals surface area contributed by atoms with Gasteiger partial charge in [0.1, 0.15) is 0 Å². The zero-order chi connectivity index (χ0) is 11.1. The minimum absolute atomic E-state index is 0.0707. The van der Waals surface area contributed by atoms with Crippen molar-refractivity contribution in [3.63, 3.8) is 0 Å². The molecule has 3 rings (SSSR count). The zero-order valence-corrected chi connectivity index (χ0v) is 8.82. The van der Waals surface area contributed by atoms with E-state index in [2.05, 4.69) is 9.97 Å². The van der Waals surface area contributed by atoms with E-state index in [0.29, 0.717) is 5.39 Å². The first-order valence-corrected chi connectivity index (χ1v) is 5.13. The second-order valence-corrected chi connectivity index (χ2v) is 3.86. The fraction of sp³-hybridized carbons (Fsp3) is 0.0769. The third-order valence-electron chi connectivity index (χ3n) is 2.81. The highest BCUT2D eigenvalue weighted by Gasteiger charge is 2.05. The number of nitrogens with one attached hydrogen (secondary N) is 1. The molecule has 0 aliphatic heterocycles. The van der Waals surface area contributed by atoms with Crippen LogP contribution in [0.4, 0.5) is 0 Å². The van der Waals surface area contributed by atoms with Crippen molar-refractivity contribution in [2.24, 2.45) is 0 Å². The lowest BCUT2D eigenvalue weighted by molar-refractivity contribution is 1.30. The van der Waals surface area contributed by atoms with Crippen molar-refractivity contribution in [1.82, 2.24) is 9.97 Å². The van der Waals surface area contributed by atoms with Gasteiger partial charge in [0.25, 0.3) is 0 Å². The van der Waals surface area contributed by atoms with Gasteiger partial charge in [0, 0.05) is 28.7 Å². The summed E-state index contributed by atoms with van der Waals surface area (Å²) in [5.74, 6) is 0. The van der Waals surface area contributed by atoms with Crippen molar-refractivity contribution >= 4 is 21.8 Å². The number of pyridine rings is 2. The Morgan fingerprint density at radius 1 is 1.25 bits per heavy atom. The van der Waals surface area contributed by atoms with Crippen LogP contribution < -0.4 is 5.43 Å². The summed E-state index contributed by atoms with van der Waals surface area (Å²) in [6, 6.07) is 7.66. The van der Waals surface area contributed by atoms with Crippen LogP contribution in [0.3, 0.4) is 0 Å². The number of aromatic nitrogens is 2. The molecule has 1 aromatic carbocycles. The molecule has 0 spiro atoms. The van der Waals surface area contributed by atoms with Gasteiger partial charge in [-0.1, -0.05) is 12.1 Å². The largest absolute Gasteiger partial charge is 0.359 e. The van der Waals surface area contributed by atoms with Gasteiger partial charge in [-0.25, -0.2) is 0 Å². The molecule has 2 aromatic heterocycles. The summed E-state index contributed by atoms with van der Waals surface area (Å²) < 4.78 is 0. The Morgan fingerprint density at radius 3 is 3.00 bits per heavy atom. The van der Waals surface area contributed by atoms with E-state index >= 15 is 0 Å². The van der Waals surface area contributed by atoms with E-state index in [1.165, 1.54) is 0 Å². The molecule has 16 heavy (non-hydrogen) atoms. The van der Waals surface area contributed by atoms with Gasteiger partial charge in [-0.15, -0.1) is 0 Å². The first kappa shape index (κ1) is 9.09. The van der Waals surface area contributed by atoms with Gasteiger partial charge < -0.3 is 4.98 Å². The Bertz CT molecular complexity index is 744. The smallest absolute Gasteiger partial charge is 0.192 e. The average molecular weight is 210 g/mol. The third kappa shape index (κ3) is 1.15. The predicted molar refractivity (Wildman–Crippen MR) is 64.6 cm³/mol. The Hall–Kier alpha value is -2.16. The number of H-pyrrole nitrogens is 1. The summed E-state index contributed by atoms with van der Waals surface area (Å²) in [5, 5.41) is 1.74. The van der Waals surface area contributed by atoms with Crippen LogP contribution in [0.2, 0.25) is 0 Å². The summed E-state index contributed by atoms with van der Waals surface area (Å²) in [7, 11) is 0. The van der Waals surface area contributed by atoms with Crippen molar-refractivity contribution < 1.29 is 0 Å². The maximum absolute atomic E-state index is 11.9. The van der Waals surface area contributed by atoms with Crippen LogP contribution in [-0.2, 0) is 0 Å². The van der Waals surface area contributed by atoms with Gasteiger partial charge in [0.2, 0.25) is 0 Å². The SMILES string of the molecule is Cc1c[nH]c2c(ccc3cccnc32)c1=O. The molecule has 0 aliphatic rings. The third-order valence-corrected chi connectivity index (χ3v) is 2.81. The summed E-state index contributed by atoms with van der Waals surface area (Å²) in [4.78, 5) is 19.4. The molecule has 2 heterocycles. The molecule has 3 aromatic rings. The van der Waals surface area contributed by atoms with Gasteiger partial charge in [-0.3, -0.25) is 9.78 Å². The quantitative estimate of drug-likeness (QED) is 0.579. The molecule has 0 saturated carbocycles. The topological polar surface area (TPSA) is 45.8 Å². The standard InChI is InChI=1S/C13H10N2O/c1-8-7-15-12-10(13(8)16)5-4-9-3-2-6-14-11(9)12/h2-7H,1H3,(H,15,16). The molecule has 0 atom stereocenters. The maximum Gasteiger partial charge on any atom is 0.192 e. The zero-order valence-electron chi connectivity index (χ0n) is 8.82. The number of aryl methyl sites for hydroxylation is 1. The number of fused-ring (bicyclic) bond motifs is 3. The van der Waals surface area contributed by atoms with E-state index in [1.807, 2.05) is 24.3 Å². The maximum atomic E-state index is 11.9. The number of rotatable bonds is 0. The summed E-state index contributed by atoms with van der Waals surface area (Å²) in [5.41, 5.74) is 2.45. The Labute approximate surface area is 91.8 Å². The number of benzene rings is 1. The fourth-order valence-corrected chi connectivity index (χ4v) is 1.94. The van der Waals surface area contributed by atoms with Gasteiger partial charge >= 0.3 is 0 Å². The van der Waals surface area contributed by atoms with Gasteiger partial charge in [-0.05, 0) is 19.1 Å². The minimum Gasteiger partial charge on any atom is -0.359 e. The molecule has 0 unspecified atom stereocenters. The lowest BCUT2D eigenvalue weighted by Gasteiger charge is -2.02. The second-order valence-electron chi connectivity index (χ2n) is 3.86. The van der Waals surface area contributed by atoms with Crippen LogP contribution in [0.1, 0.15) is 5.56 Å². The first-order valence-electron chi connectivity index (χ1n) is 5.13. The van der Waals surface area contributed by atoms with Crippen LogP contribution in [0.25, 0.3) is 21.8 Å². The Morgan fingerprint density at radius 2 is 2.12 bits per heavy atom. The monoisotopic (exact) mass is 210 g/mol. The van der Waals surface area contributed by atoms with Crippen LogP contribution in [-0.4, -0.2) is 9.97 Å². The van der Waals surface area contributed by atoms with E-state index in [-0.39, 0.29) is 5.43 Å². The van der Waals surface area contributed by atoms with Crippen LogP contribution in [0.15, 0.2) is 41.5 Å². The van der Waals surface area contributed by atoms with E-state index in [4.69, 9.17) is 0 Å². The molecule has 3 heteroatoms. The van der Waals surface area contributed by atoms with Crippen molar-refractivity contribution in [3.8, 4) is 0 Å². The van der Waals surface area contributed by atoms with Crippen LogP contribution in [0, 0.1) is 6.92 Å². The lowest BCUT2D eigenvalue weighted by Crippen LogP contribution is -2.06. The molecule has 0 aliphatic carbocycles. The van der Waals surface area contributed by atoms with Gasteiger partial charge in [0.05, 0.1) is 11.0 Å². The molecule has 0 fully saturated rings. The van der Waals surface area contributed by atoms with Crippen molar-refractivity contribution in [1.29, 1.82) is 0 Å². The summed E-state index contributed by atoms with van der Waals surface area (Å²) >= 11 is 0. The van der Waals surface area contributed by atoms with Crippen molar-refractivity contribution in [2.45, 2.75) is 6.92 Å². The summed E-state index contributed by atoms with van der Waals surface area (Å²) in [6.07, 6.45) is 3.47. The fourth-order valence-electron chi connectivity index (χ4n) is 1.94. The van der Waals surface area contributed by atoms with Crippen LogP contribution >= 0.6 is 0 Å². The predicted octanol–water partition coefficient (Wildman–Crippen LogP) is 2.38. The normalized spacial score (nSPS) is 11.1. The molecule has 0 radical (unpaired) electrons. The summed E-state index contributed by atoms with van der Waals surface area (Å²) in [6.45, 7) is 1.81. The molecule has 3 nitrogen and oxygen atoms in total. The molecular formula is C13H10N2O. The molecular weight excluding hydrogens is 200 g/mol. The van der Waals surface area contributed by atoms with Crippen molar-refractivity contribution in [2.75, 3.05) is 0 Å². The van der Waals surface area contributed by atoms with E-state index in [0.717, 1.165) is 22.0 Å². The highest BCUT2D eigenvalue weighted by atomic mass is 16.1. The van der Waals surface area contributed by atoms with Crippen LogP contribution in [0.5, 0.6) is 0 Å². The Kier molecular flexibility index (Phi) is 1.80. The first-order chi connectivity index (χ1) is 7.77. The van der Waals surface area contributed by atoms with E-state index in [9.17, 15) is 4.79 Å². The second kappa shape index (κ2) is 3.17. The highest BCUT2D eigenvalue weighted by molar-refractivity contribution is 6.02.